The third kappa shape index (κ3) is 3.35. The first-order valence-corrected chi connectivity index (χ1v) is 6.03. The molecule has 2 rings (SSSR count). The van der Waals surface area contributed by atoms with Gasteiger partial charge in [0.1, 0.15) is 0 Å². The number of guanidine groups is 1. The van der Waals surface area contributed by atoms with Gasteiger partial charge in [0, 0.05) is 24.0 Å². The molecule has 1 heterocycles. The van der Waals surface area contributed by atoms with E-state index >= 15 is 0 Å². The minimum absolute atomic E-state index is 0.265. The van der Waals surface area contributed by atoms with Gasteiger partial charge in [-0.2, -0.15) is 5.10 Å². The zero-order valence-corrected chi connectivity index (χ0v) is 11.2. The molecule has 6 heteroatoms. The number of hydrogen-bond acceptors (Lipinski definition) is 2. The fourth-order valence-electron chi connectivity index (χ4n) is 1.55. The Morgan fingerprint density at radius 2 is 2.05 bits per heavy atom. The third-order valence-electron chi connectivity index (χ3n) is 2.50. The molecule has 0 spiro atoms. The largest absolute Gasteiger partial charge is 0.369 e. The molecule has 0 aliphatic carbocycles. The predicted octanol–water partition coefficient (Wildman–Crippen LogP) is 2.00. The number of aromatic nitrogens is 1. The lowest BCUT2D eigenvalue weighted by Crippen LogP contribution is -2.26. The van der Waals surface area contributed by atoms with E-state index in [1.54, 1.807) is 13.3 Å². The first kappa shape index (κ1) is 13.2. The van der Waals surface area contributed by atoms with Crippen molar-refractivity contribution in [3.8, 4) is 5.69 Å². The number of benzene rings is 1. The molecule has 0 saturated heterocycles. The van der Waals surface area contributed by atoms with E-state index in [9.17, 15) is 0 Å². The Morgan fingerprint density at radius 1 is 1.32 bits per heavy atom. The molecule has 98 valence electrons. The molecule has 0 bridgehead atoms. The van der Waals surface area contributed by atoms with Crippen molar-refractivity contribution in [2.45, 2.75) is 0 Å². The summed E-state index contributed by atoms with van der Waals surface area (Å²) in [7, 11) is 1.59. The molecule has 1 aromatic carbocycles. The van der Waals surface area contributed by atoms with Gasteiger partial charge >= 0.3 is 0 Å². The van der Waals surface area contributed by atoms with Gasteiger partial charge in [-0.3, -0.25) is 4.99 Å². The lowest BCUT2D eigenvalue weighted by molar-refractivity contribution is 0.996. The lowest BCUT2D eigenvalue weighted by Gasteiger charge is -2.06. The van der Waals surface area contributed by atoms with Crippen LogP contribution in [0.3, 0.4) is 0 Å². The Hall–Kier alpha value is -2.27. The van der Waals surface area contributed by atoms with Gasteiger partial charge < -0.3 is 10.3 Å². The number of nitrogens with one attached hydrogen (secondary N) is 1. The molecule has 5 nitrogen and oxygen atoms in total. The maximum absolute atomic E-state index is 5.87. The number of halogens is 1. The highest BCUT2D eigenvalue weighted by Gasteiger charge is 2.00. The molecule has 1 aromatic heterocycles. The van der Waals surface area contributed by atoms with Crippen molar-refractivity contribution in [1.29, 1.82) is 0 Å². The summed E-state index contributed by atoms with van der Waals surface area (Å²) < 4.78 is 1.99. The van der Waals surface area contributed by atoms with E-state index in [0.29, 0.717) is 5.02 Å². The van der Waals surface area contributed by atoms with Crippen molar-refractivity contribution in [1.82, 2.24) is 9.99 Å². The second-order valence-corrected chi connectivity index (χ2v) is 4.19. The summed E-state index contributed by atoms with van der Waals surface area (Å²) in [6.45, 7) is 0. The highest BCUT2D eigenvalue weighted by atomic mass is 35.5. The zero-order valence-electron chi connectivity index (χ0n) is 10.4. The van der Waals surface area contributed by atoms with E-state index in [0.717, 1.165) is 11.4 Å². The second kappa shape index (κ2) is 6.06. The average molecular weight is 276 g/mol. The Bertz CT molecular complexity index is 598. The summed E-state index contributed by atoms with van der Waals surface area (Å²) in [4.78, 5) is 3.75. The maximum atomic E-state index is 5.87. The van der Waals surface area contributed by atoms with Crippen LogP contribution in [0.15, 0.2) is 52.7 Å². The summed E-state index contributed by atoms with van der Waals surface area (Å²) in [6, 6.07) is 11.5. The fraction of sp³-hybridized carbons (Fsp3) is 0.0769. The first-order valence-electron chi connectivity index (χ1n) is 5.65. The summed E-state index contributed by atoms with van der Waals surface area (Å²) >= 11 is 5.87. The van der Waals surface area contributed by atoms with Crippen molar-refractivity contribution < 1.29 is 0 Å². The first-order chi connectivity index (χ1) is 9.20. The average Bonchev–Trinajstić information content (AvgIpc) is 2.88. The van der Waals surface area contributed by atoms with Crippen molar-refractivity contribution in [2.24, 2.45) is 15.8 Å². The standard InChI is InChI=1S/C13H14ClN5/c1-16-13(15)18-17-9-12-3-2-8-19(12)11-6-4-10(14)5-7-11/h2-9H,1H3,(H3,15,16,18)/b17-9+. The predicted molar refractivity (Wildman–Crippen MR) is 79.1 cm³/mol. The van der Waals surface area contributed by atoms with Crippen LogP contribution in [-0.2, 0) is 0 Å². The van der Waals surface area contributed by atoms with Crippen LogP contribution in [0, 0.1) is 0 Å². The summed E-state index contributed by atoms with van der Waals surface area (Å²) in [5.74, 6) is 0.265. The second-order valence-electron chi connectivity index (χ2n) is 3.76. The lowest BCUT2D eigenvalue weighted by atomic mass is 10.3. The van der Waals surface area contributed by atoms with Crippen molar-refractivity contribution in [2.75, 3.05) is 7.05 Å². The van der Waals surface area contributed by atoms with Gasteiger partial charge in [0.15, 0.2) is 0 Å². The number of nitrogens with two attached hydrogens (primary N) is 1. The smallest absolute Gasteiger partial charge is 0.209 e. The van der Waals surface area contributed by atoms with Crippen LogP contribution in [0.25, 0.3) is 5.69 Å². The maximum Gasteiger partial charge on any atom is 0.209 e. The van der Waals surface area contributed by atoms with E-state index in [2.05, 4.69) is 15.5 Å². The SMILES string of the molecule is CN=C(N)N/N=C/c1cccn1-c1ccc(Cl)cc1. The molecule has 0 saturated carbocycles. The van der Waals surface area contributed by atoms with Crippen LogP contribution < -0.4 is 11.2 Å². The normalized spacial score (nSPS) is 12.0. The quantitative estimate of drug-likeness (QED) is 0.511. The van der Waals surface area contributed by atoms with E-state index in [4.69, 9.17) is 17.3 Å². The van der Waals surface area contributed by atoms with Crippen LogP contribution >= 0.6 is 11.6 Å². The molecule has 19 heavy (non-hydrogen) atoms. The molecule has 0 aliphatic heterocycles. The third-order valence-corrected chi connectivity index (χ3v) is 2.75. The molecule has 0 aliphatic rings. The Morgan fingerprint density at radius 3 is 2.74 bits per heavy atom. The van der Waals surface area contributed by atoms with Gasteiger partial charge in [0.25, 0.3) is 0 Å². The van der Waals surface area contributed by atoms with Crippen LogP contribution in [0.4, 0.5) is 0 Å². The Balaban J connectivity index is 2.20. The van der Waals surface area contributed by atoms with Gasteiger partial charge in [-0.25, -0.2) is 5.43 Å². The van der Waals surface area contributed by atoms with Gasteiger partial charge in [-0.1, -0.05) is 11.6 Å². The van der Waals surface area contributed by atoms with Gasteiger partial charge in [-0.05, 0) is 36.4 Å². The number of hydrazone groups is 1. The minimum atomic E-state index is 0.265. The van der Waals surface area contributed by atoms with E-state index in [1.165, 1.54) is 0 Å². The summed E-state index contributed by atoms with van der Waals surface area (Å²) in [5, 5.41) is 4.72. The molecule has 0 fully saturated rings. The van der Waals surface area contributed by atoms with Gasteiger partial charge in [0.05, 0.1) is 11.9 Å². The molecular weight excluding hydrogens is 262 g/mol. The van der Waals surface area contributed by atoms with Crippen molar-refractivity contribution in [3.05, 3.63) is 53.3 Å². The molecule has 0 atom stereocenters. The monoisotopic (exact) mass is 275 g/mol. The van der Waals surface area contributed by atoms with Crippen molar-refractivity contribution >= 4 is 23.8 Å². The molecular formula is C13H14ClN5. The van der Waals surface area contributed by atoms with Gasteiger partial charge in [0.2, 0.25) is 5.96 Å². The van der Waals surface area contributed by atoms with Crippen LogP contribution in [0.1, 0.15) is 5.69 Å². The topological polar surface area (TPSA) is 67.7 Å². The molecule has 0 radical (unpaired) electrons. The van der Waals surface area contributed by atoms with Gasteiger partial charge in [-0.15, -0.1) is 0 Å². The van der Waals surface area contributed by atoms with E-state index in [1.807, 2.05) is 47.2 Å². The summed E-state index contributed by atoms with van der Waals surface area (Å²) in [6.07, 6.45) is 3.62. The fourth-order valence-corrected chi connectivity index (χ4v) is 1.68. The van der Waals surface area contributed by atoms with E-state index in [-0.39, 0.29) is 5.96 Å². The molecule has 0 amide bonds. The molecule has 0 unspecified atom stereocenters. The number of aliphatic imine (C=N–C) groups is 1. The highest BCUT2D eigenvalue weighted by Crippen LogP contribution is 2.15. The zero-order chi connectivity index (χ0) is 13.7. The Kier molecular flexibility index (Phi) is 4.20. The Labute approximate surface area is 116 Å². The number of hydrogen-bond donors (Lipinski definition) is 2. The highest BCUT2D eigenvalue weighted by molar-refractivity contribution is 6.30. The van der Waals surface area contributed by atoms with Crippen LogP contribution in [0.2, 0.25) is 5.02 Å². The van der Waals surface area contributed by atoms with Crippen molar-refractivity contribution in [3.63, 3.8) is 0 Å². The van der Waals surface area contributed by atoms with Crippen LogP contribution in [-0.4, -0.2) is 23.8 Å². The number of rotatable bonds is 3. The number of nitrogens with zero attached hydrogens (tertiary/aromatic N) is 3. The molecule has 3 N–H and O–H groups in total. The minimum Gasteiger partial charge on any atom is -0.369 e. The summed E-state index contributed by atoms with van der Waals surface area (Å²) in [5.41, 5.74) is 10.0. The van der Waals surface area contributed by atoms with E-state index < -0.39 is 0 Å². The van der Waals surface area contributed by atoms with Crippen LogP contribution in [0.5, 0.6) is 0 Å². The molecule has 2 aromatic rings.